The fraction of sp³-hybridized carbons (Fsp3) is 0.0645. The van der Waals surface area contributed by atoms with Crippen LogP contribution in [0.5, 0.6) is 0 Å². The second-order valence-corrected chi connectivity index (χ2v) is 7.53. The Morgan fingerprint density at radius 1 is 0.600 bits per heavy atom. The Kier molecular flexibility index (Phi) is 9.61. The summed E-state index contributed by atoms with van der Waals surface area (Å²) in [5.41, 5.74) is 2.37. The van der Waals surface area contributed by atoms with Crippen molar-refractivity contribution in [1.29, 1.82) is 0 Å². The van der Waals surface area contributed by atoms with Gasteiger partial charge in [-0.15, -0.1) is 6.58 Å². The van der Waals surface area contributed by atoms with E-state index in [0.29, 0.717) is 23.3 Å². The van der Waals surface area contributed by atoms with E-state index in [4.69, 9.17) is 4.74 Å². The summed E-state index contributed by atoms with van der Waals surface area (Å²) in [5.74, 6) is -0.966. The zero-order valence-corrected chi connectivity index (χ0v) is 19.2. The highest BCUT2D eigenvalue weighted by Crippen LogP contribution is 2.22. The van der Waals surface area contributed by atoms with Gasteiger partial charge in [-0.25, -0.2) is 0 Å². The molecule has 0 spiro atoms. The van der Waals surface area contributed by atoms with E-state index >= 15 is 0 Å². The molecule has 0 aliphatic rings. The second kappa shape index (κ2) is 13.3. The van der Waals surface area contributed by atoms with Crippen LogP contribution in [0, 0.1) is 0 Å². The minimum absolute atomic E-state index is 0.0337. The largest absolute Gasteiger partial charge is 0.361 e. The van der Waals surface area contributed by atoms with Crippen molar-refractivity contribution in [2.24, 2.45) is 0 Å². The van der Waals surface area contributed by atoms with Crippen LogP contribution in [0.2, 0.25) is 0 Å². The summed E-state index contributed by atoms with van der Waals surface area (Å²) in [6, 6.07) is 35.9. The van der Waals surface area contributed by atoms with Gasteiger partial charge in [0.2, 0.25) is 11.6 Å². The van der Waals surface area contributed by atoms with E-state index in [1.165, 1.54) is 0 Å². The third-order valence-electron chi connectivity index (χ3n) is 5.06. The zero-order chi connectivity index (χ0) is 24.9. The summed E-state index contributed by atoms with van der Waals surface area (Å²) in [4.78, 5) is 36.1. The summed E-state index contributed by atoms with van der Waals surface area (Å²) < 4.78 is 5.63. The molecule has 0 saturated heterocycles. The number of carbonyl (C=O) groups excluding carboxylic acids is 3. The monoisotopic (exact) mass is 462 g/mol. The molecule has 0 aromatic heterocycles. The van der Waals surface area contributed by atoms with Gasteiger partial charge in [0.05, 0.1) is 6.61 Å². The number of hydrogen-bond donors (Lipinski definition) is 0. The molecule has 0 saturated carbocycles. The van der Waals surface area contributed by atoms with Crippen LogP contribution in [-0.4, -0.2) is 24.0 Å². The first kappa shape index (κ1) is 25.2. The average molecular weight is 463 g/mol. The van der Waals surface area contributed by atoms with Gasteiger partial charge in [0.15, 0.2) is 5.78 Å². The molecule has 1 atom stereocenters. The van der Waals surface area contributed by atoms with Gasteiger partial charge >= 0.3 is 0 Å². The van der Waals surface area contributed by atoms with Gasteiger partial charge in [0.25, 0.3) is 0 Å². The number of ether oxygens (including phenoxy) is 1. The number of benzene rings is 4. The van der Waals surface area contributed by atoms with Gasteiger partial charge in [0.1, 0.15) is 6.10 Å². The highest BCUT2D eigenvalue weighted by molar-refractivity contribution is 6.49. The Morgan fingerprint density at radius 2 is 0.971 bits per heavy atom. The van der Waals surface area contributed by atoms with E-state index in [-0.39, 0.29) is 5.78 Å². The molecule has 174 valence electrons. The molecule has 0 bridgehead atoms. The van der Waals surface area contributed by atoms with Crippen LogP contribution >= 0.6 is 0 Å². The molecule has 1 unspecified atom stereocenters. The smallest absolute Gasteiger partial charge is 0.233 e. The maximum atomic E-state index is 12.5. The van der Waals surface area contributed by atoms with Crippen molar-refractivity contribution in [2.45, 2.75) is 6.10 Å². The van der Waals surface area contributed by atoms with Gasteiger partial charge in [-0.1, -0.05) is 127 Å². The van der Waals surface area contributed by atoms with Gasteiger partial charge < -0.3 is 4.74 Å². The summed E-state index contributed by atoms with van der Waals surface area (Å²) in [7, 11) is 0. The highest BCUT2D eigenvalue weighted by Gasteiger charge is 2.22. The van der Waals surface area contributed by atoms with Gasteiger partial charge in [-0.3, -0.25) is 14.4 Å². The minimum atomic E-state index is -0.582. The van der Waals surface area contributed by atoms with Gasteiger partial charge in [-0.2, -0.15) is 0 Å². The summed E-state index contributed by atoms with van der Waals surface area (Å²) in [6.07, 6.45) is 1.07. The molecule has 4 nitrogen and oxygen atoms in total. The summed E-state index contributed by atoms with van der Waals surface area (Å²) in [5, 5.41) is 0. The lowest BCUT2D eigenvalue weighted by Gasteiger charge is -2.16. The first-order valence-electron chi connectivity index (χ1n) is 11.2. The summed E-state index contributed by atoms with van der Waals surface area (Å²) in [6.45, 7) is 3.97. The normalized spacial score (nSPS) is 10.9. The molecule has 4 aromatic carbocycles. The van der Waals surface area contributed by atoms with Crippen LogP contribution in [0.25, 0.3) is 0 Å². The molecule has 35 heavy (non-hydrogen) atoms. The maximum absolute atomic E-state index is 12.5. The van der Waals surface area contributed by atoms with Crippen molar-refractivity contribution < 1.29 is 19.1 Å². The van der Waals surface area contributed by atoms with Crippen LogP contribution < -0.4 is 0 Å². The summed E-state index contributed by atoms with van der Waals surface area (Å²) >= 11 is 0. The van der Waals surface area contributed by atoms with Crippen molar-refractivity contribution in [3.05, 3.63) is 156 Å². The number of ketones is 3. The van der Waals surface area contributed by atoms with E-state index in [2.05, 4.69) is 6.58 Å². The van der Waals surface area contributed by atoms with E-state index < -0.39 is 17.7 Å². The Hall–Kier alpha value is -4.41. The lowest BCUT2D eigenvalue weighted by Crippen LogP contribution is -2.16. The van der Waals surface area contributed by atoms with E-state index in [1.807, 2.05) is 60.7 Å². The van der Waals surface area contributed by atoms with E-state index in [1.54, 1.807) is 66.7 Å². The SMILES string of the molecule is C=CCOC(C(=O)c1ccccc1)c1ccccc1.O=C(C(=O)c1ccccc1)c1ccccc1. The number of rotatable bonds is 9. The molecule has 0 aliphatic heterocycles. The number of carbonyl (C=O) groups is 3. The third kappa shape index (κ3) is 7.29. The van der Waals surface area contributed by atoms with Gasteiger partial charge in [-0.05, 0) is 5.56 Å². The molecule has 4 aromatic rings. The molecule has 0 N–H and O–H groups in total. The van der Waals surface area contributed by atoms with Crippen LogP contribution in [0.1, 0.15) is 42.7 Å². The predicted molar refractivity (Wildman–Crippen MR) is 138 cm³/mol. The Bertz CT molecular complexity index is 1180. The zero-order valence-electron chi connectivity index (χ0n) is 19.2. The molecule has 0 fully saturated rings. The van der Waals surface area contributed by atoms with Crippen LogP contribution in [0.3, 0.4) is 0 Å². The highest BCUT2D eigenvalue weighted by atomic mass is 16.5. The molecule has 0 aliphatic carbocycles. The van der Waals surface area contributed by atoms with Gasteiger partial charge in [0, 0.05) is 16.7 Å². The molecule has 0 radical (unpaired) electrons. The molecule has 0 heterocycles. The third-order valence-corrected chi connectivity index (χ3v) is 5.06. The van der Waals surface area contributed by atoms with E-state index in [9.17, 15) is 14.4 Å². The standard InChI is InChI=1S/C17H16O2.C14H10O2/c1-2-13-19-17(15-11-7-4-8-12-15)16(18)14-9-5-3-6-10-14;15-13(11-7-3-1-4-8-11)14(16)12-9-5-2-6-10-12/h2-12,17H,1,13H2;1-10H. The van der Waals surface area contributed by atoms with Crippen molar-refractivity contribution in [3.8, 4) is 0 Å². The predicted octanol–water partition coefficient (Wildman–Crippen LogP) is 6.57. The average Bonchev–Trinajstić information content (AvgIpc) is 2.94. The van der Waals surface area contributed by atoms with Crippen molar-refractivity contribution in [3.63, 3.8) is 0 Å². The lowest BCUT2D eigenvalue weighted by molar-refractivity contribution is 0.0503. The molecular formula is C31H26O4. The molecular weight excluding hydrogens is 436 g/mol. The fourth-order valence-electron chi connectivity index (χ4n) is 3.31. The quantitative estimate of drug-likeness (QED) is 0.160. The Labute approximate surface area is 205 Å². The van der Waals surface area contributed by atoms with Crippen molar-refractivity contribution in [2.75, 3.05) is 6.61 Å². The number of Topliss-reactive ketones (excluding diaryl/α,β-unsaturated/α-hetero) is 3. The van der Waals surface area contributed by atoms with Crippen LogP contribution in [0.4, 0.5) is 0 Å². The Balaban J connectivity index is 0.000000198. The Morgan fingerprint density at radius 3 is 1.37 bits per heavy atom. The van der Waals surface area contributed by atoms with Crippen LogP contribution in [-0.2, 0) is 4.74 Å². The minimum Gasteiger partial charge on any atom is -0.361 e. The maximum Gasteiger partial charge on any atom is 0.233 e. The van der Waals surface area contributed by atoms with E-state index in [0.717, 1.165) is 5.56 Å². The first-order chi connectivity index (χ1) is 17.1. The molecule has 4 heteroatoms. The fourth-order valence-corrected chi connectivity index (χ4v) is 3.31. The van der Waals surface area contributed by atoms with Crippen molar-refractivity contribution in [1.82, 2.24) is 0 Å². The van der Waals surface area contributed by atoms with Crippen LogP contribution in [0.15, 0.2) is 134 Å². The molecule has 0 amide bonds. The number of hydrogen-bond acceptors (Lipinski definition) is 4. The lowest BCUT2D eigenvalue weighted by atomic mass is 10.00. The van der Waals surface area contributed by atoms with Crippen molar-refractivity contribution >= 4 is 17.3 Å². The first-order valence-corrected chi connectivity index (χ1v) is 11.2. The second-order valence-electron chi connectivity index (χ2n) is 7.53. The topological polar surface area (TPSA) is 60.4 Å². The molecule has 4 rings (SSSR count).